The zero-order valence-corrected chi connectivity index (χ0v) is 12.4. The smallest absolute Gasteiger partial charge is 0.227 e. The van der Waals surface area contributed by atoms with E-state index in [0.717, 1.165) is 26.1 Å². The lowest BCUT2D eigenvalue weighted by atomic mass is 10.1. The van der Waals surface area contributed by atoms with Crippen molar-refractivity contribution in [3.63, 3.8) is 0 Å². The highest BCUT2D eigenvalue weighted by Crippen LogP contribution is 2.30. The third kappa shape index (κ3) is 4.03. The van der Waals surface area contributed by atoms with E-state index in [-0.39, 0.29) is 18.1 Å². The lowest BCUT2D eigenvalue weighted by Gasteiger charge is -2.26. The van der Waals surface area contributed by atoms with Crippen molar-refractivity contribution in [1.29, 1.82) is 0 Å². The highest BCUT2D eigenvalue weighted by atomic mass is 19.1. The summed E-state index contributed by atoms with van der Waals surface area (Å²) < 4.78 is 13.7. The molecule has 1 aliphatic heterocycles. The summed E-state index contributed by atoms with van der Waals surface area (Å²) in [4.78, 5) is 14.5. The number of amides is 1. The molecule has 0 radical (unpaired) electrons. The van der Waals surface area contributed by atoms with E-state index in [4.69, 9.17) is 0 Å². The monoisotopic (exact) mass is 290 g/mol. The summed E-state index contributed by atoms with van der Waals surface area (Å²) in [6.07, 6.45) is 4.94. The minimum atomic E-state index is -0.281. The van der Waals surface area contributed by atoms with E-state index in [2.05, 4.69) is 5.32 Å². The fourth-order valence-corrected chi connectivity index (χ4v) is 2.99. The van der Waals surface area contributed by atoms with Gasteiger partial charge in [-0.3, -0.25) is 4.79 Å². The predicted molar refractivity (Wildman–Crippen MR) is 80.4 cm³/mol. The topological polar surface area (TPSA) is 32.3 Å². The maximum Gasteiger partial charge on any atom is 0.227 e. The molecule has 1 saturated heterocycles. The van der Waals surface area contributed by atoms with Crippen LogP contribution in [0.4, 0.5) is 4.39 Å². The quantitative estimate of drug-likeness (QED) is 0.872. The molecule has 3 nitrogen and oxygen atoms in total. The molecular weight excluding hydrogens is 267 g/mol. The summed E-state index contributed by atoms with van der Waals surface area (Å²) in [6, 6.07) is 6.99. The lowest BCUT2D eigenvalue weighted by molar-refractivity contribution is -0.131. The summed E-state index contributed by atoms with van der Waals surface area (Å²) in [5.74, 6) is 0.438. The molecule has 1 aromatic rings. The van der Waals surface area contributed by atoms with Gasteiger partial charge in [0, 0.05) is 19.1 Å². The van der Waals surface area contributed by atoms with Gasteiger partial charge in [0.15, 0.2) is 0 Å². The number of benzene rings is 1. The summed E-state index contributed by atoms with van der Waals surface area (Å²) in [5, 5.41) is 3.44. The molecule has 0 spiro atoms. The van der Waals surface area contributed by atoms with Crippen LogP contribution in [-0.4, -0.2) is 36.5 Å². The Morgan fingerprint density at radius 1 is 1.24 bits per heavy atom. The molecule has 21 heavy (non-hydrogen) atoms. The largest absolute Gasteiger partial charge is 0.341 e. The van der Waals surface area contributed by atoms with E-state index in [1.54, 1.807) is 18.2 Å². The van der Waals surface area contributed by atoms with Crippen molar-refractivity contribution in [2.75, 3.05) is 19.6 Å². The average molecular weight is 290 g/mol. The van der Waals surface area contributed by atoms with E-state index in [1.807, 2.05) is 4.90 Å². The molecule has 1 unspecified atom stereocenters. The third-order valence-corrected chi connectivity index (χ3v) is 4.43. The molecule has 2 fully saturated rings. The Labute approximate surface area is 125 Å². The average Bonchev–Trinajstić information content (AvgIpc) is 3.14. The first-order valence-electron chi connectivity index (χ1n) is 7.97. The maximum atomic E-state index is 13.7. The van der Waals surface area contributed by atoms with Crippen molar-refractivity contribution < 1.29 is 9.18 Å². The van der Waals surface area contributed by atoms with Crippen molar-refractivity contribution in [3.8, 4) is 0 Å². The van der Waals surface area contributed by atoms with Crippen LogP contribution in [0.25, 0.3) is 0 Å². The molecule has 114 valence electrons. The number of carbonyl (C=O) groups excluding carboxylic acids is 1. The fraction of sp³-hybridized carbons (Fsp3) is 0.588. The van der Waals surface area contributed by atoms with Gasteiger partial charge in [0.1, 0.15) is 5.82 Å². The second-order valence-electron chi connectivity index (χ2n) is 6.30. The summed E-state index contributed by atoms with van der Waals surface area (Å²) in [5.41, 5.74) is 0.502. The van der Waals surface area contributed by atoms with E-state index < -0.39 is 0 Å². The molecule has 1 aromatic carbocycles. The highest BCUT2D eigenvalue weighted by Gasteiger charge is 2.29. The zero-order chi connectivity index (χ0) is 14.7. The second-order valence-corrected chi connectivity index (χ2v) is 6.30. The standard InChI is InChI=1S/C17H23FN2O/c18-16-6-2-1-4-14(16)10-17(21)20(11-13-7-8-13)12-15-5-3-9-19-15/h1-2,4,6,13,15,19H,3,5,7-12H2. The summed E-state index contributed by atoms with van der Waals surface area (Å²) in [6.45, 7) is 2.65. The first-order valence-corrected chi connectivity index (χ1v) is 7.97. The van der Waals surface area contributed by atoms with Crippen LogP contribution < -0.4 is 5.32 Å². The molecule has 1 amide bonds. The molecular formula is C17H23FN2O. The molecule has 1 heterocycles. The van der Waals surface area contributed by atoms with Crippen LogP contribution in [0.15, 0.2) is 24.3 Å². The van der Waals surface area contributed by atoms with Gasteiger partial charge in [-0.15, -0.1) is 0 Å². The molecule has 1 aliphatic carbocycles. The number of hydrogen-bond acceptors (Lipinski definition) is 2. The molecule has 1 N–H and O–H groups in total. The van der Waals surface area contributed by atoms with Crippen LogP contribution in [-0.2, 0) is 11.2 Å². The molecule has 4 heteroatoms. The Kier molecular flexibility index (Phi) is 4.54. The molecule has 0 bridgehead atoms. The normalized spacial score (nSPS) is 21.5. The Bertz CT molecular complexity index is 495. The van der Waals surface area contributed by atoms with Crippen molar-refractivity contribution in [2.24, 2.45) is 5.92 Å². The van der Waals surface area contributed by atoms with Crippen LogP contribution in [0.5, 0.6) is 0 Å². The van der Waals surface area contributed by atoms with Gasteiger partial charge in [-0.05, 0) is 49.8 Å². The lowest BCUT2D eigenvalue weighted by Crippen LogP contribution is -2.42. The SMILES string of the molecule is O=C(Cc1ccccc1F)N(CC1CC1)CC1CCCN1. The van der Waals surface area contributed by atoms with Crippen LogP contribution in [0, 0.1) is 11.7 Å². The highest BCUT2D eigenvalue weighted by molar-refractivity contribution is 5.79. The number of halogens is 1. The van der Waals surface area contributed by atoms with E-state index >= 15 is 0 Å². The zero-order valence-electron chi connectivity index (χ0n) is 12.4. The van der Waals surface area contributed by atoms with Gasteiger partial charge in [-0.2, -0.15) is 0 Å². The Hall–Kier alpha value is -1.42. The number of hydrogen-bond donors (Lipinski definition) is 1. The number of rotatable bonds is 6. The molecule has 3 rings (SSSR count). The Morgan fingerprint density at radius 3 is 2.71 bits per heavy atom. The van der Waals surface area contributed by atoms with Crippen molar-refractivity contribution in [2.45, 2.75) is 38.1 Å². The van der Waals surface area contributed by atoms with Gasteiger partial charge in [0.25, 0.3) is 0 Å². The molecule has 1 saturated carbocycles. The van der Waals surface area contributed by atoms with Crippen LogP contribution in [0.1, 0.15) is 31.2 Å². The number of nitrogens with one attached hydrogen (secondary N) is 1. The summed E-state index contributed by atoms with van der Waals surface area (Å²) in [7, 11) is 0. The van der Waals surface area contributed by atoms with Gasteiger partial charge in [-0.1, -0.05) is 18.2 Å². The van der Waals surface area contributed by atoms with E-state index in [0.29, 0.717) is 17.5 Å². The Balaban J connectivity index is 1.63. The predicted octanol–water partition coefficient (Wildman–Crippen LogP) is 2.36. The van der Waals surface area contributed by atoms with Crippen LogP contribution in [0.3, 0.4) is 0 Å². The van der Waals surface area contributed by atoms with Crippen molar-refractivity contribution in [1.82, 2.24) is 10.2 Å². The summed E-state index contributed by atoms with van der Waals surface area (Å²) >= 11 is 0. The molecule has 2 aliphatic rings. The number of nitrogens with zero attached hydrogens (tertiary/aromatic N) is 1. The van der Waals surface area contributed by atoms with E-state index in [9.17, 15) is 9.18 Å². The first-order chi connectivity index (χ1) is 10.2. The van der Waals surface area contributed by atoms with Crippen LogP contribution >= 0.6 is 0 Å². The molecule has 1 atom stereocenters. The second kappa shape index (κ2) is 6.56. The minimum Gasteiger partial charge on any atom is -0.341 e. The fourth-order valence-electron chi connectivity index (χ4n) is 2.99. The van der Waals surface area contributed by atoms with Gasteiger partial charge in [0.2, 0.25) is 5.91 Å². The van der Waals surface area contributed by atoms with Gasteiger partial charge >= 0.3 is 0 Å². The number of carbonyl (C=O) groups is 1. The van der Waals surface area contributed by atoms with Gasteiger partial charge < -0.3 is 10.2 Å². The molecule has 0 aromatic heterocycles. The maximum absolute atomic E-state index is 13.7. The first kappa shape index (κ1) is 14.5. The van der Waals surface area contributed by atoms with Gasteiger partial charge in [-0.25, -0.2) is 4.39 Å². The Morgan fingerprint density at radius 2 is 2.05 bits per heavy atom. The van der Waals surface area contributed by atoms with Crippen molar-refractivity contribution in [3.05, 3.63) is 35.6 Å². The van der Waals surface area contributed by atoms with Crippen molar-refractivity contribution >= 4 is 5.91 Å². The third-order valence-electron chi connectivity index (χ3n) is 4.43. The van der Waals surface area contributed by atoms with Gasteiger partial charge in [0.05, 0.1) is 6.42 Å². The minimum absolute atomic E-state index is 0.0562. The van der Waals surface area contributed by atoms with E-state index in [1.165, 1.54) is 25.3 Å². The van der Waals surface area contributed by atoms with Crippen LogP contribution in [0.2, 0.25) is 0 Å².